The van der Waals surface area contributed by atoms with E-state index in [4.69, 9.17) is 4.74 Å². The second kappa shape index (κ2) is 16.6. The van der Waals surface area contributed by atoms with Gasteiger partial charge in [-0.25, -0.2) is 8.42 Å². The summed E-state index contributed by atoms with van der Waals surface area (Å²) in [6.07, 6.45) is 4.83. The van der Waals surface area contributed by atoms with Crippen molar-refractivity contribution in [2.24, 2.45) is 17.8 Å². The minimum absolute atomic E-state index is 0.0476. The third kappa shape index (κ3) is 9.70. The highest BCUT2D eigenvalue weighted by atomic mass is 32.2. The molecule has 4 aromatic carbocycles. The van der Waals surface area contributed by atoms with Gasteiger partial charge in [0.2, 0.25) is 10.0 Å². The summed E-state index contributed by atoms with van der Waals surface area (Å²) < 4.78 is 31.6. The second-order valence-corrected chi connectivity index (χ2v) is 16.0. The molecule has 0 spiro atoms. The average molecular weight is 696 g/mol. The van der Waals surface area contributed by atoms with Crippen LogP contribution in [0.4, 0.5) is 5.69 Å². The Balaban J connectivity index is 1.38. The molecule has 264 valence electrons. The molecule has 50 heavy (non-hydrogen) atoms. The van der Waals surface area contributed by atoms with Crippen molar-refractivity contribution in [2.75, 3.05) is 24.7 Å². The lowest BCUT2D eigenvalue weighted by molar-refractivity contribution is 0.0442. The van der Waals surface area contributed by atoms with Crippen LogP contribution < -0.4 is 9.04 Å². The molecule has 0 saturated heterocycles. The predicted octanol–water partition coefficient (Wildman–Crippen LogP) is 7.92. The van der Waals surface area contributed by atoms with E-state index in [9.17, 15) is 23.1 Å². The monoisotopic (exact) mass is 695 g/mol. The predicted molar refractivity (Wildman–Crippen MR) is 200 cm³/mol. The van der Waals surface area contributed by atoms with Gasteiger partial charge in [0.25, 0.3) is 0 Å². The van der Waals surface area contributed by atoms with Crippen molar-refractivity contribution in [3.05, 3.63) is 131 Å². The standard InChI is InChI=1S/C42H49NO6S/c1-29(33-15-9-6-10-16-33)20-40(44)35-25-36(27-38(26-35)43(2)50(4,47)48)41(45)28-37(22-30-12-7-5-8-13-30)42(46)34-19-18-32(23-34)21-31-14-11-17-39(24-31)49-3/h5-17,24-27,29,32,34,37,42,46H,18-23,28H2,1-4H3/t29-,32?,34?,37+,42+/m0/s1. The van der Waals surface area contributed by atoms with Crippen molar-refractivity contribution in [3.8, 4) is 5.75 Å². The number of carbonyl (C=O) groups is 2. The zero-order valence-corrected chi connectivity index (χ0v) is 30.3. The maximum absolute atomic E-state index is 14.2. The Bertz CT molecular complexity index is 1860. The number of anilines is 1. The number of sulfonamides is 1. The number of benzene rings is 4. The van der Waals surface area contributed by atoms with E-state index in [2.05, 4.69) is 12.1 Å². The lowest BCUT2D eigenvalue weighted by atomic mass is 9.81. The van der Waals surface area contributed by atoms with Gasteiger partial charge < -0.3 is 9.84 Å². The number of rotatable bonds is 16. The van der Waals surface area contributed by atoms with Gasteiger partial charge >= 0.3 is 0 Å². The normalized spacial score (nSPS) is 17.9. The number of nitrogens with zero attached hydrogens (tertiary/aromatic N) is 1. The van der Waals surface area contributed by atoms with Crippen molar-refractivity contribution in [3.63, 3.8) is 0 Å². The summed E-state index contributed by atoms with van der Waals surface area (Å²) in [6.45, 7) is 1.98. The van der Waals surface area contributed by atoms with Crippen molar-refractivity contribution in [2.45, 2.75) is 63.9 Å². The first-order valence-electron chi connectivity index (χ1n) is 17.5. The van der Waals surface area contributed by atoms with Crippen molar-refractivity contribution >= 4 is 27.3 Å². The van der Waals surface area contributed by atoms with E-state index in [1.165, 1.54) is 12.6 Å². The number of aliphatic hydroxyl groups is 1. The summed E-state index contributed by atoms with van der Waals surface area (Å²) in [7, 11) is -0.576. The molecule has 5 atom stereocenters. The molecule has 7 nitrogen and oxygen atoms in total. The summed E-state index contributed by atoms with van der Waals surface area (Å²) in [5, 5.41) is 11.9. The van der Waals surface area contributed by atoms with Crippen molar-refractivity contribution < 1.29 is 27.9 Å². The summed E-state index contributed by atoms with van der Waals surface area (Å²) in [4.78, 5) is 27.8. The number of Topliss-reactive ketones (excluding diaryl/α,β-unsaturated/α-hetero) is 2. The van der Waals surface area contributed by atoms with E-state index in [-0.39, 0.29) is 53.4 Å². The van der Waals surface area contributed by atoms with E-state index < -0.39 is 16.1 Å². The molecule has 0 heterocycles. The number of hydrogen-bond acceptors (Lipinski definition) is 6. The molecule has 2 unspecified atom stereocenters. The van der Waals surface area contributed by atoms with Crippen LogP contribution in [0.25, 0.3) is 0 Å². The maximum Gasteiger partial charge on any atom is 0.231 e. The van der Waals surface area contributed by atoms with E-state index in [0.29, 0.717) is 17.9 Å². The fourth-order valence-electron chi connectivity index (χ4n) is 7.32. The highest BCUT2D eigenvalue weighted by Crippen LogP contribution is 2.39. The van der Waals surface area contributed by atoms with Gasteiger partial charge in [-0.1, -0.05) is 79.7 Å². The van der Waals surface area contributed by atoms with Crippen LogP contribution >= 0.6 is 0 Å². The fourth-order valence-corrected chi connectivity index (χ4v) is 7.80. The molecule has 0 bridgehead atoms. The van der Waals surface area contributed by atoms with E-state index in [1.54, 1.807) is 25.3 Å². The van der Waals surface area contributed by atoms with Crippen LogP contribution in [0.15, 0.2) is 103 Å². The minimum Gasteiger partial charge on any atom is -0.497 e. The average Bonchev–Trinajstić information content (AvgIpc) is 3.59. The number of methoxy groups -OCH3 is 1. The molecule has 1 aliphatic rings. The van der Waals surface area contributed by atoms with Crippen LogP contribution in [0.5, 0.6) is 5.75 Å². The first-order chi connectivity index (χ1) is 23.9. The fraction of sp³-hybridized carbons (Fsp3) is 0.381. The molecular weight excluding hydrogens is 647 g/mol. The zero-order valence-electron chi connectivity index (χ0n) is 29.5. The Labute approximate surface area is 297 Å². The molecule has 0 aromatic heterocycles. The van der Waals surface area contributed by atoms with Crippen molar-refractivity contribution in [1.82, 2.24) is 0 Å². The Morgan fingerprint density at radius 2 is 1.46 bits per heavy atom. The lowest BCUT2D eigenvalue weighted by Gasteiger charge is -2.28. The van der Waals surface area contributed by atoms with Gasteiger partial charge in [0.15, 0.2) is 11.6 Å². The van der Waals surface area contributed by atoms with Crippen LogP contribution in [0.2, 0.25) is 0 Å². The first-order valence-corrected chi connectivity index (χ1v) is 19.3. The molecule has 0 amide bonds. The Morgan fingerprint density at radius 1 is 0.840 bits per heavy atom. The third-order valence-corrected chi connectivity index (χ3v) is 11.5. The topological polar surface area (TPSA) is 101 Å². The van der Waals surface area contributed by atoms with E-state index in [0.717, 1.165) is 53.1 Å². The highest BCUT2D eigenvalue weighted by Gasteiger charge is 2.35. The Morgan fingerprint density at radius 3 is 2.10 bits per heavy atom. The molecule has 0 aliphatic heterocycles. The summed E-state index contributed by atoms with van der Waals surface area (Å²) in [5.74, 6) is 0.470. The van der Waals surface area contributed by atoms with Crippen LogP contribution in [0.3, 0.4) is 0 Å². The molecule has 1 N–H and O–H groups in total. The molecular formula is C42H49NO6S. The third-order valence-electron chi connectivity index (χ3n) is 10.3. The van der Waals surface area contributed by atoms with Gasteiger partial charge in [-0.15, -0.1) is 0 Å². The smallest absolute Gasteiger partial charge is 0.231 e. The summed E-state index contributed by atoms with van der Waals surface area (Å²) >= 11 is 0. The van der Waals surface area contributed by atoms with E-state index in [1.807, 2.05) is 79.7 Å². The summed E-state index contributed by atoms with van der Waals surface area (Å²) in [5.41, 5.74) is 4.08. The Kier molecular flexibility index (Phi) is 12.3. The van der Waals surface area contributed by atoms with Crippen LogP contribution in [-0.4, -0.2) is 51.6 Å². The highest BCUT2D eigenvalue weighted by molar-refractivity contribution is 7.92. The number of ketones is 2. The summed E-state index contributed by atoms with van der Waals surface area (Å²) in [6, 6.07) is 32.4. The molecule has 5 rings (SSSR count). The van der Waals surface area contributed by atoms with Gasteiger partial charge in [0.05, 0.1) is 25.2 Å². The van der Waals surface area contributed by atoms with Gasteiger partial charge in [0, 0.05) is 31.0 Å². The van der Waals surface area contributed by atoms with Crippen LogP contribution in [-0.2, 0) is 22.9 Å². The quantitative estimate of drug-likeness (QED) is 0.120. The lowest BCUT2D eigenvalue weighted by Crippen LogP contribution is -2.31. The molecule has 1 aliphatic carbocycles. The molecule has 8 heteroatoms. The van der Waals surface area contributed by atoms with Gasteiger partial charge in [-0.05, 0) is 103 Å². The van der Waals surface area contributed by atoms with Gasteiger partial charge in [0.1, 0.15) is 5.75 Å². The minimum atomic E-state index is -3.66. The SMILES string of the molecule is COc1cccc(CC2CCC([C@@H](O)[C@@H](CC(=O)c3cc(C(=O)C[C@H](C)c4ccccc4)cc(N(C)S(C)(=O)=O)c3)Cc3ccccc3)C2)c1. The van der Waals surface area contributed by atoms with Crippen molar-refractivity contribution in [1.29, 1.82) is 0 Å². The number of hydrogen-bond donors (Lipinski definition) is 1. The van der Waals surface area contributed by atoms with Gasteiger partial charge in [-0.3, -0.25) is 13.9 Å². The van der Waals surface area contributed by atoms with Gasteiger partial charge in [-0.2, -0.15) is 0 Å². The largest absolute Gasteiger partial charge is 0.497 e. The van der Waals surface area contributed by atoms with E-state index >= 15 is 0 Å². The number of carbonyl (C=O) groups excluding carboxylic acids is 2. The molecule has 0 radical (unpaired) electrons. The molecule has 1 fully saturated rings. The zero-order chi connectivity index (χ0) is 35.8. The van der Waals surface area contributed by atoms with Crippen LogP contribution in [0, 0.1) is 17.8 Å². The number of ether oxygens (including phenoxy) is 1. The molecule has 1 saturated carbocycles. The maximum atomic E-state index is 14.2. The molecule has 4 aromatic rings. The Hall–Kier alpha value is -4.27. The van der Waals surface area contributed by atoms with Crippen LogP contribution in [0.1, 0.15) is 82.4 Å². The first kappa shape index (κ1) is 37.0. The second-order valence-electron chi connectivity index (χ2n) is 14.0. The number of aliphatic hydroxyl groups excluding tert-OH is 1.